The number of methoxy groups -OCH3 is 3. The van der Waals surface area contributed by atoms with E-state index in [9.17, 15) is 29.1 Å². The van der Waals surface area contributed by atoms with Gasteiger partial charge >= 0.3 is 29.8 Å². The average Bonchev–Trinajstić information content (AvgIpc) is 3.33. The smallest absolute Gasteiger partial charge is 0.309 e. The van der Waals surface area contributed by atoms with Gasteiger partial charge in [-0.3, -0.25) is 28.9 Å². The fourth-order valence-corrected chi connectivity index (χ4v) is 11.1. The normalized spacial score (nSPS) is 34.0. The van der Waals surface area contributed by atoms with Gasteiger partial charge in [0.25, 0.3) is 0 Å². The van der Waals surface area contributed by atoms with Crippen molar-refractivity contribution >= 4 is 29.8 Å². The van der Waals surface area contributed by atoms with E-state index in [2.05, 4.69) is 17.0 Å². The Morgan fingerprint density at radius 2 is 1.49 bits per heavy atom. The second-order valence-corrected chi connectivity index (χ2v) is 21.0. The van der Waals surface area contributed by atoms with Gasteiger partial charge in [0.15, 0.2) is 18.7 Å². The molecule has 0 bridgehead atoms. The van der Waals surface area contributed by atoms with E-state index in [1.165, 1.54) is 40.7 Å². The van der Waals surface area contributed by atoms with Gasteiger partial charge in [-0.2, -0.15) is 0 Å². The van der Waals surface area contributed by atoms with Crippen molar-refractivity contribution in [2.45, 2.75) is 212 Å². The van der Waals surface area contributed by atoms with Crippen LogP contribution >= 0.6 is 0 Å². The van der Waals surface area contributed by atoms with Crippen LogP contribution in [0, 0.1) is 17.8 Å². The number of ether oxygens (including phenoxy) is 11. The van der Waals surface area contributed by atoms with Crippen LogP contribution in [0.5, 0.6) is 0 Å². The Balaban J connectivity index is 1.89. The highest BCUT2D eigenvalue weighted by Gasteiger charge is 2.57. The van der Waals surface area contributed by atoms with E-state index < -0.39 is 127 Å². The third-order valence-corrected chi connectivity index (χ3v) is 14.8. The van der Waals surface area contributed by atoms with E-state index in [0.29, 0.717) is 32.5 Å². The van der Waals surface area contributed by atoms with Crippen LogP contribution in [0.1, 0.15) is 126 Å². The average molecular weight is 1050 g/mol. The molecule has 19 heteroatoms. The highest BCUT2D eigenvalue weighted by atomic mass is 16.7. The summed E-state index contributed by atoms with van der Waals surface area (Å²) in [6, 6.07) is 9.55. The second kappa shape index (κ2) is 30.2. The molecule has 3 aliphatic heterocycles. The Kier molecular flexibility index (Phi) is 25.6. The SMILES string of the molecule is CCC(=O)O[C@@H]1CC(=O)O[C@H](C)CCN(CCCCc2ccccc2)C[C@H](OC(C)=O)[C@H](C)C[C@H](CC(OC)OC)[C@H]([C@@H]2O[C@H](C)[C@@H](O[C@H]3C[C@@](C)(O)[C@@H](OC(=O)CC)[C@H](C)O3)[C@H](N(C)C)[C@H]2OC(C)=O)[C@@H]1OC. The minimum atomic E-state index is -1.54. The van der Waals surface area contributed by atoms with E-state index in [4.69, 9.17) is 52.1 Å². The lowest BCUT2D eigenvalue weighted by atomic mass is 9.70. The summed E-state index contributed by atoms with van der Waals surface area (Å²) in [5.41, 5.74) is -0.287. The van der Waals surface area contributed by atoms with Crippen molar-refractivity contribution < 1.29 is 81.2 Å². The fraction of sp³-hybridized carbons (Fsp3) is 0.800. The topological polar surface area (TPSA) is 214 Å². The molecular formula is C55H90N2O17. The molecule has 0 amide bonds. The number of cyclic esters (lactones) is 1. The summed E-state index contributed by atoms with van der Waals surface area (Å²) in [6.45, 7) is 16.6. The number of unbranched alkanes of at least 4 members (excludes halogenated alkanes) is 1. The lowest BCUT2D eigenvalue weighted by molar-refractivity contribution is -0.319. The van der Waals surface area contributed by atoms with Gasteiger partial charge in [-0.05, 0) is 97.8 Å². The first kappa shape index (κ1) is 62.7. The van der Waals surface area contributed by atoms with Gasteiger partial charge in [0.05, 0.1) is 24.7 Å². The second-order valence-electron chi connectivity index (χ2n) is 21.0. The molecule has 0 unspecified atom stereocenters. The molecule has 422 valence electrons. The molecule has 16 atom stereocenters. The van der Waals surface area contributed by atoms with Crippen molar-refractivity contribution in [2.24, 2.45) is 17.8 Å². The molecule has 0 radical (unpaired) electrons. The van der Waals surface area contributed by atoms with Crippen LogP contribution in [0.3, 0.4) is 0 Å². The van der Waals surface area contributed by atoms with Crippen LogP contribution in [0.2, 0.25) is 0 Å². The summed E-state index contributed by atoms with van der Waals surface area (Å²) in [7, 11) is 8.17. The van der Waals surface area contributed by atoms with E-state index >= 15 is 0 Å². The fourth-order valence-electron chi connectivity index (χ4n) is 11.1. The van der Waals surface area contributed by atoms with Crippen LogP contribution in [0.4, 0.5) is 0 Å². The summed E-state index contributed by atoms with van der Waals surface area (Å²) < 4.78 is 69.1. The van der Waals surface area contributed by atoms with Gasteiger partial charge in [-0.15, -0.1) is 0 Å². The lowest BCUT2D eigenvalue weighted by Crippen LogP contribution is -2.68. The largest absolute Gasteiger partial charge is 0.463 e. The van der Waals surface area contributed by atoms with Gasteiger partial charge < -0.3 is 62.1 Å². The molecule has 4 rings (SSSR count). The van der Waals surface area contributed by atoms with Crippen molar-refractivity contribution in [3.05, 3.63) is 35.9 Å². The van der Waals surface area contributed by atoms with Crippen LogP contribution in [0.15, 0.2) is 30.3 Å². The van der Waals surface area contributed by atoms with Crippen molar-refractivity contribution in [3.63, 3.8) is 0 Å². The maximum atomic E-state index is 14.2. The number of aryl methyl sites for hydroxylation is 1. The summed E-state index contributed by atoms with van der Waals surface area (Å²) >= 11 is 0. The number of hydrogen-bond acceptors (Lipinski definition) is 19. The zero-order valence-corrected chi connectivity index (χ0v) is 46.7. The standard InChI is InChI=1S/C55H90N2O17/c1-15-43(60)72-41-30-45(62)67-34(4)25-27-57(26-21-20-24-39-22-18-17-19-23-39)32-42(70-37(7)58)33(3)28-40(29-46(64-12)65-13)48(51(41)66-14)52-53(71-38(8)59)49(56(10)11)50(35(5)69-52)74-47-31-55(9,63)54(36(6)68-47)73-44(61)16-2/h17-19,22-23,33-36,40-42,46-54,63H,15-16,20-21,24-32H2,1-14H3/t33-,34-,35-,36+,40-,41-,42+,47+,48+,49+,50-,51-,52+,53-,54+,55-/m1/s1. The number of likely N-dealkylation sites (N-methyl/N-ethyl adjacent to an activating group) is 1. The molecule has 3 fully saturated rings. The molecule has 1 aromatic carbocycles. The lowest BCUT2D eigenvalue weighted by Gasteiger charge is -2.53. The van der Waals surface area contributed by atoms with Crippen LogP contribution in [0.25, 0.3) is 0 Å². The van der Waals surface area contributed by atoms with Crippen molar-refractivity contribution in [1.29, 1.82) is 0 Å². The molecule has 1 N–H and O–H groups in total. The molecule has 19 nitrogen and oxygen atoms in total. The molecule has 0 aromatic heterocycles. The predicted octanol–water partition coefficient (Wildman–Crippen LogP) is 5.82. The minimum Gasteiger partial charge on any atom is -0.463 e. The summed E-state index contributed by atoms with van der Waals surface area (Å²) in [5, 5.41) is 11.7. The summed E-state index contributed by atoms with van der Waals surface area (Å²) in [6.07, 6.45) is -7.47. The number of benzene rings is 1. The van der Waals surface area contributed by atoms with Crippen molar-refractivity contribution in [1.82, 2.24) is 9.80 Å². The molecule has 3 aliphatic rings. The number of hydrogen-bond donors (Lipinski definition) is 1. The Morgan fingerprint density at radius 1 is 0.838 bits per heavy atom. The first-order valence-corrected chi connectivity index (χ1v) is 26.7. The predicted molar refractivity (Wildman–Crippen MR) is 272 cm³/mol. The van der Waals surface area contributed by atoms with Crippen LogP contribution < -0.4 is 0 Å². The first-order chi connectivity index (χ1) is 35.0. The van der Waals surface area contributed by atoms with Gasteiger partial charge in [-0.25, -0.2) is 0 Å². The van der Waals surface area contributed by atoms with Gasteiger partial charge in [-0.1, -0.05) is 51.1 Å². The number of nitrogens with zero attached hydrogens (tertiary/aromatic N) is 2. The van der Waals surface area contributed by atoms with Gasteiger partial charge in [0.2, 0.25) is 0 Å². The molecule has 3 saturated heterocycles. The monoisotopic (exact) mass is 1050 g/mol. The first-order valence-electron chi connectivity index (χ1n) is 26.7. The van der Waals surface area contributed by atoms with E-state index in [-0.39, 0.29) is 38.0 Å². The quantitative estimate of drug-likeness (QED) is 0.0706. The van der Waals surface area contributed by atoms with E-state index in [1.807, 2.05) is 58.0 Å². The number of aliphatic hydroxyl groups is 1. The Bertz CT molecular complexity index is 1880. The maximum absolute atomic E-state index is 14.2. The number of carbonyl (C=O) groups excluding carboxylic acids is 5. The Labute approximate surface area is 440 Å². The molecule has 74 heavy (non-hydrogen) atoms. The maximum Gasteiger partial charge on any atom is 0.309 e. The molecule has 1 aromatic rings. The van der Waals surface area contributed by atoms with E-state index in [1.54, 1.807) is 27.7 Å². The molecule has 3 heterocycles. The molecule has 0 saturated carbocycles. The highest BCUT2D eigenvalue weighted by Crippen LogP contribution is 2.44. The summed E-state index contributed by atoms with van der Waals surface area (Å²) in [4.78, 5) is 70.8. The van der Waals surface area contributed by atoms with Crippen molar-refractivity contribution in [2.75, 3.05) is 55.1 Å². The third-order valence-electron chi connectivity index (χ3n) is 14.8. The van der Waals surface area contributed by atoms with Gasteiger partial charge in [0, 0.05) is 79.9 Å². The number of rotatable bonds is 20. The summed E-state index contributed by atoms with van der Waals surface area (Å²) in [5.74, 6) is -4.53. The highest BCUT2D eigenvalue weighted by molar-refractivity contribution is 5.73. The Morgan fingerprint density at radius 3 is 2.07 bits per heavy atom. The molecular weight excluding hydrogens is 961 g/mol. The number of esters is 5. The van der Waals surface area contributed by atoms with Crippen LogP contribution in [-0.4, -0.2) is 185 Å². The van der Waals surface area contributed by atoms with E-state index in [0.717, 1.165) is 19.3 Å². The minimum absolute atomic E-state index is 0.00450. The van der Waals surface area contributed by atoms with Gasteiger partial charge in [0.1, 0.15) is 48.3 Å². The van der Waals surface area contributed by atoms with Crippen LogP contribution in [-0.2, 0) is 82.5 Å². The zero-order valence-electron chi connectivity index (χ0n) is 46.7. The zero-order chi connectivity index (χ0) is 54.9. The molecule has 0 spiro atoms. The number of carbonyl (C=O) groups is 5. The van der Waals surface area contributed by atoms with Crippen molar-refractivity contribution in [3.8, 4) is 0 Å². The molecule has 0 aliphatic carbocycles. The Hall–Kier alpha value is -3.79. The third kappa shape index (κ3) is 18.5.